The van der Waals surface area contributed by atoms with E-state index in [1.165, 1.54) is 30.3 Å². The molecule has 0 fully saturated rings. The van der Waals surface area contributed by atoms with Gasteiger partial charge in [-0.1, -0.05) is 18.2 Å². The Kier molecular flexibility index (Phi) is 6.41. The molecule has 0 aliphatic carbocycles. The third-order valence-electron chi connectivity index (χ3n) is 4.02. The maximum absolute atomic E-state index is 12.7. The number of amides is 1. The number of anilines is 2. The minimum Gasteiger partial charge on any atom is -0.484 e. The molecule has 0 saturated carbocycles. The predicted molar refractivity (Wildman–Crippen MR) is 107 cm³/mol. The number of halogens is 3. The Hall–Kier alpha value is -3.75. The second kappa shape index (κ2) is 9.17. The molecule has 0 aliphatic rings. The highest BCUT2D eigenvalue weighted by molar-refractivity contribution is 6.08. The zero-order valence-electron chi connectivity index (χ0n) is 15.6. The van der Waals surface area contributed by atoms with Gasteiger partial charge in [-0.05, 0) is 42.0 Å². The van der Waals surface area contributed by atoms with Crippen LogP contribution in [0.4, 0.5) is 24.5 Å². The molecule has 1 heterocycles. The van der Waals surface area contributed by atoms with E-state index in [-0.39, 0.29) is 17.2 Å². The summed E-state index contributed by atoms with van der Waals surface area (Å²) in [5, 5.41) is 5.85. The lowest BCUT2D eigenvalue weighted by atomic mass is 10.1. The Morgan fingerprint density at radius 1 is 1.00 bits per heavy atom. The van der Waals surface area contributed by atoms with Gasteiger partial charge in [-0.2, -0.15) is 13.2 Å². The minimum absolute atomic E-state index is 0.0493. The molecule has 6 nitrogen and oxygen atoms in total. The number of pyridine rings is 1. The first-order valence-electron chi connectivity index (χ1n) is 8.92. The number of carbonyl (C=O) groups is 1. The smallest absolute Gasteiger partial charge is 0.422 e. The topological polar surface area (TPSA) is 83.2 Å². The maximum atomic E-state index is 12.7. The number of hydrogen-bond donors (Lipinski definition) is 3. The van der Waals surface area contributed by atoms with Gasteiger partial charge in [-0.25, -0.2) is 0 Å². The largest absolute Gasteiger partial charge is 0.484 e. The van der Waals surface area contributed by atoms with E-state index in [1.54, 1.807) is 36.5 Å². The summed E-state index contributed by atoms with van der Waals surface area (Å²) in [6.45, 7) is -0.987. The lowest BCUT2D eigenvalue weighted by Crippen LogP contribution is -2.19. The first kappa shape index (κ1) is 21.0. The lowest BCUT2D eigenvalue weighted by Gasteiger charge is -2.13. The van der Waals surface area contributed by atoms with E-state index in [4.69, 9.17) is 0 Å². The molecular formula is C21H18F3N3O3. The molecule has 3 N–H and O–H groups in total. The van der Waals surface area contributed by atoms with Crippen LogP contribution in [-0.4, -0.2) is 23.7 Å². The first-order valence-corrected chi connectivity index (χ1v) is 8.92. The summed E-state index contributed by atoms with van der Waals surface area (Å²) in [4.78, 5) is 26.4. The van der Waals surface area contributed by atoms with Crippen LogP contribution in [0.2, 0.25) is 0 Å². The van der Waals surface area contributed by atoms with Gasteiger partial charge >= 0.3 is 6.18 Å². The van der Waals surface area contributed by atoms with Crippen LogP contribution in [0.25, 0.3) is 0 Å². The number of hydrogen-bond acceptors (Lipinski definition) is 4. The number of alkyl halides is 3. The van der Waals surface area contributed by atoms with Crippen LogP contribution in [0, 0.1) is 0 Å². The van der Waals surface area contributed by atoms with Crippen molar-refractivity contribution in [1.29, 1.82) is 0 Å². The first-order chi connectivity index (χ1) is 14.3. The van der Waals surface area contributed by atoms with Gasteiger partial charge in [0.15, 0.2) is 6.61 Å². The van der Waals surface area contributed by atoms with Gasteiger partial charge in [0.25, 0.3) is 5.91 Å². The molecule has 0 aliphatic heterocycles. The predicted octanol–water partition coefficient (Wildman–Crippen LogP) is 4.18. The fourth-order valence-corrected chi connectivity index (χ4v) is 2.58. The van der Waals surface area contributed by atoms with Gasteiger partial charge in [-0.3, -0.25) is 9.59 Å². The number of ether oxygens (including phenoxy) is 1. The highest BCUT2D eigenvalue weighted by atomic mass is 19.4. The molecule has 0 saturated heterocycles. The van der Waals surface area contributed by atoms with Crippen LogP contribution in [0.1, 0.15) is 15.9 Å². The van der Waals surface area contributed by atoms with Crippen LogP contribution >= 0.6 is 0 Å². The summed E-state index contributed by atoms with van der Waals surface area (Å²) in [6, 6.07) is 15.6. The van der Waals surface area contributed by atoms with Gasteiger partial charge in [-0.15, -0.1) is 0 Å². The number of para-hydroxylation sites is 1. The molecule has 30 heavy (non-hydrogen) atoms. The van der Waals surface area contributed by atoms with E-state index in [0.717, 1.165) is 5.56 Å². The molecule has 0 bridgehead atoms. The Balaban J connectivity index is 1.64. The molecule has 0 unspecified atom stereocenters. The van der Waals surface area contributed by atoms with E-state index in [9.17, 15) is 22.8 Å². The van der Waals surface area contributed by atoms with Gasteiger partial charge in [0, 0.05) is 30.2 Å². The SMILES string of the molecule is O=C(Nc1ccc(OCC(F)(F)F)cc1)c1ccccc1NCc1ccc(=O)[nH]c1. The number of benzene rings is 2. The quantitative estimate of drug-likeness (QED) is 0.539. The summed E-state index contributed by atoms with van der Waals surface area (Å²) < 4.78 is 41.3. The number of nitrogens with one attached hydrogen (secondary N) is 3. The average Bonchev–Trinajstić information content (AvgIpc) is 2.72. The molecule has 1 amide bonds. The second-order valence-corrected chi connectivity index (χ2v) is 6.34. The number of aromatic nitrogens is 1. The molecule has 9 heteroatoms. The van der Waals surface area contributed by atoms with Crippen LogP contribution in [0.3, 0.4) is 0 Å². The number of aromatic amines is 1. The Labute approximate surface area is 169 Å². The van der Waals surface area contributed by atoms with Crippen molar-refractivity contribution in [3.05, 3.63) is 88.3 Å². The van der Waals surface area contributed by atoms with Crippen molar-refractivity contribution in [2.24, 2.45) is 0 Å². The Bertz CT molecular complexity index is 1040. The molecule has 2 aromatic carbocycles. The van der Waals surface area contributed by atoms with Crippen molar-refractivity contribution in [2.75, 3.05) is 17.2 Å². The third-order valence-corrected chi connectivity index (χ3v) is 4.02. The van der Waals surface area contributed by atoms with Crippen molar-refractivity contribution in [1.82, 2.24) is 4.98 Å². The third kappa shape index (κ3) is 6.13. The number of rotatable bonds is 7. The van der Waals surface area contributed by atoms with Gasteiger partial charge in [0.05, 0.1) is 5.56 Å². The Morgan fingerprint density at radius 2 is 1.73 bits per heavy atom. The number of carbonyl (C=O) groups excluding carboxylic acids is 1. The molecule has 0 radical (unpaired) electrons. The molecule has 0 atom stereocenters. The van der Waals surface area contributed by atoms with Crippen molar-refractivity contribution >= 4 is 17.3 Å². The highest BCUT2D eigenvalue weighted by Crippen LogP contribution is 2.22. The molecular weight excluding hydrogens is 399 g/mol. The lowest BCUT2D eigenvalue weighted by molar-refractivity contribution is -0.153. The van der Waals surface area contributed by atoms with E-state index in [1.807, 2.05) is 0 Å². The summed E-state index contributed by atoms with van der Waals surface area (Å²) in [5.41, 5.74) is 2.02. The molecule has 1 aromatic heterocycles. The fourth-order valence-electron chi connectivity index (χ4n) is 2.58. The van der Waals surface area contributed by atoms with Crippen molar-refractivity contribution in [2.45, 2.75) is 12.7 Å². The summed E-state index contributed by atoms with van der Waals surface area (Å²) in [5.74, 6) is -0.336. The normalized spacial score (nSPS) is 11.0. The van der Waals surface area contributed by atoms with Gasteiger partial charge < -0.3 is 20.4 Å². The van der Waals surface area contributed by atoms with E-state index in [2.05, 4.69) is 20.4 Å². The monoisotopic (exact) mass is 417 g/mol. The van der Waals surface area contributed by atoms with Crippen LogP contribution in [-0.2, 0) is 6.54 Å². The van der Waals surface area contributed by atoms with Gasteiger partial charge in [0.1, 0.15) is 5.75 Å². The summed E-state index contributed by atoms with van der Waals surface area (Å²) in [6.07, 6.45) is -2.83. The zero-order chi connectivity index (χ0) is 21.6. The van der Waals surface area contributed by atoms with Crippen molar-refractivity contribution < 1.29 is 22.7 Å². The highest BCUT2D eigenvalue weighted by Gasteiger charge is 2.28. The number of H-pyrrole nitrogens is 1. The molecule has 0 spiro atoms. The van der Waals surface area contributed by atoms with E-state index >= 15 is 0 Å². The van der Waals surface area contributed by atoms with E-state index in [0.29, 0.717) is 23.5 Å². The van der Waals surface area contributed by atoms with Crippen LogP contribution < -0.4 is 20.9 Å². The van der Waals surface area contributed by atoms with Crippen LogP contribution in [0.15, 0.2) is 71.7 Å². The summed E-state index contributed by atoms with van der Waals surface area (Å²) >= 11 is 0. The maximum Gasteiger partial charge on any atom is 0.422 e. The molecule has 3 rings (SSSR count). The summed E-state index contributed by atoms with van der Waals surface area (Å²) in [7, 11) is 0. The van der Waals surface area contributed by atoms with Gasteiger partial charge in [0.2, 0.25) is 5.56 Å². The van der Waals surface area contributed by atoms with Crippen molar-refractivity contribution in [3.63, 3.8) is 0 Å². The Morgan fingerprint density at radius 3 is 2.40 bits per heavy atom. The molecule has 3 aromatic rings. The molecule has 156 valence electrons. The zero-order valence-corrected chi connectivity index (χ0v) is 15.6. The standard InChI is InChI=1S/C21H18F3N3O3/c22-21(23,24)13-30-16-8-6-15(7-9-16)27-20(29)17-3-1-2-4-18(17)25-11-14-5-10-19(28)26-12-14/h1-10,12,25H,11,13H2,(H,26,28)(H,27,29). The minimum atomic E-state index is -4.42. The van der Waals surface area contributed by atoms with Crippen molar-refractivity contribution in [3.8, 4) is 5.75 Å². The van der Waals surface area contributed by atoms with Crippen LogP contribution in [0.5, 0.6) is 5.75 Å². The average molecular weight is 417 g/mol. The second-order valence-electron chi connectivity index (χ2n) is 6.34. The van der Waals surface area contributed by atoms with E-state index < -0.39 is 12.8 Å². The fraction of sp³-hybridized carbons (Fsp3) is 0.143.